The number of carbonyl (C=O) groups excluding carboxylic acids is 3. The zero-order valence-corrected chi connectivity index (χ0v) is 12.3. The summed E-state index contributed by atoms with van der Waals surface area (Å²) >= 11 is 0. The average molecular weight is 311 g/mol. The Balaban J connectivity index is 2.34. The van der Waals surface area contributed by atoms with Crippen molar-refractivity contribution in [3.63, 3.8) is 0 Å². The fourth-order valence-corrected chi connectivity index (χ4v) is 2.17. The summed E-state index contributed by atoms with van der Waals surface area (Å²) in [5, 5.41) is 10.6. The monoisotopic (exact) mass is 311 g/mol. The van der Waals surface area contributed by atoms with Crippen LogP contribution in [0.2, 0.25) is 0 Å². The number of nitrogens with zero attached hydrogens (tertiary/aromatic N) is 1. The van der Waals surface area contributed by atoms with Crippen LogP contribution >= 0.6 is 0 Å². The Bertz CT molecular complexity index is 765. The Morgan fingerprint density at radius 2 is 1.35 bits per heavy atom. The molecule has 0 amide bonds. The highest BCUT2D eigenvalue weighted by Gasteiger charge is 2.32. The molecule has 0 aliphatic heterocycles. The smallest absolute Gasteiger partial charge is 0.269 e. The number of nitro groups is 1. The first-order valence-corrected chi connectivity index (χ1v) is 6.80. The van der Waals surface area contributed by atoms with Crippen LogP contribution in [0.4, 0.5) is 5.69 Å². The first-order valence-electron chi connectivity index (χ1n) is 6.80. The van der Waals surface area contributed by atoms with E-state index in [1.165, 1.54) is 31.2 Å². The number of ketones is 3. The van der Waals surface area contributed by atoms with Crippen LogP contribution in [0.1, 0.15) is 27.6 Å². The van der Waals surface area contributed by atoms with Crippen molar-refractivity contribution in [1.82, 2.24) is 0 Å². The van der Waals surface area contributed by atoms with Crippen LogP contribution in [0.15, 0.2) is 54.6 Å². The van der Waals surface area contributed by atoms with Crippen LogP contribution in [0.5, 0.6) is 0 Å². The zero-order valence-electron chi connectivity index (χ0n) is 12.3. The molecule has 0 N–H and O–H groups in total. The number of rotatable bonds is 6. The van der Waals surface area contributed by atoms with E-state index in [2.05, 4.69) is 0 Å². The predicted octanol–water partition coefficient (Wildman–Crippen LogP) is 2.87. The Kier molecular flexibility index (Phi) is 4.75. The molecule has 2 rings (SSSR count). The fraction of sp³-hybridized carbons (Fsp3) is 0.118. The van der Waals surface area contributed by atoms with Crippen molar-refractivity contribution in [1.29, 1.82) is 0 Å². The lowest BCUT2D eigenvalue weighted by Gasteiger charge is -2.12. The van der Waals surface area contributed by atoms with Gasteiger partial charge in [0.25, 0.3) is 5.69 Å². The Hall–Kier alpha value is -3.15. The summed E-state index contributed by atoms with van der Waals surface area (Å²) in [5.74, 6) is -3.26. The molecule has 0 heterocycles. The van der Waals surface area contributed by atoms with Crippen molar-refractivity contribution in [2.75, 3.05) is 0 Å². The molecule has 0 bridgehead atoms. The molecule has 0 aliphatic carbocycles. The van der Waals surface area contributed by atoms with Gasteiger partial charge in [-0.1, -0.05) is 30.3 Å². The maximum Gasteiger partial charge on any atom is 0.269 e. The standard InChI is InChI=1S/C17H13NO5/c1-11(19)15(16(20)12-5-3-2-4-6-12)17(21)13-7-9-14(10-8-13)18(22)23/h2-10,15H,1H3/t15-/m1/s1. The van der Waals surface area contributed by atoms with E-state index in [4.69, 9.17) is 0 Å². The Labute approximate surface area is 131 Å². The highest BCUT2D eigenvalue weighted by molar-refractivity contribution is 6.27. The molecule has 0 radical (unpaired) electrons. The van der Waals surface area contributed by atoms with Crippen molar-refractivity contribution in [3.05, 3.63) is 75.8 Å². The van der Waals surface area contributed by atoms with Crippen LogP contribution in [-0.2, 0) is 4.79 Å². The largest absolute Gasteiger partial charge is 0.299 e. The van der Waals surface area contributed by atoms with Gasteiger partial charge in [-0.25, -0.2) is 0 Å². The first-order chi connectivity index (χ1) is 10.9. The second-order valence-corrected chi connectivity index (χ2v) is 4.94. The zero-order chi connectivity index (χ0) is 17.0. The summed E-state index contributed by atoms with van der Waals surface area (Å²) in [5.41, 5.74) is 0.179. The number of Topliss-reactive ketones (excluding diaryl/α,β-unsaturated/α-hetero) is 3. The van der Waals surface area contributed by atoms with E-state index in [0.717, 1.165) is 12.1 Å². The highest BCUT2D eigenvalue weighted by atomic mass is 16.6. The number of hydrogen-bond acceptors (Lipinski definition) is 5. The molecule has 6 nitrogen and oxygen atoms in total. The van der Waals surface area contributed by atoms with Gasteiger partial charge in [0.1, 0.15) is 11.7 Å². The second kappa shape index (κ2) is 6.74. The summed E-state index contributed by atoms with van der Waals surface area (Å²) in [6, 6.07) is 12.9. The number of carbonyl (C=O) groups is 3. The molecule has 2 aromatic carbocycles. The molecule has 0 saturated carbocycles. The van der Waals surface area contributed by atoms with Gasteiger partial charge < -0.3 is 0 Å². The van der Waals surface area contributed by atoms with E-state index in [0.29, 0.717) is 0 Å². The second-order valence-electron chi connectivity index (χ2n) is 4.94. The summed E-state index contributed by atoms with van der Waals surface area (Å²) in [7, 11) is 0. The van der Waals surface area contributed by atoms with Crippen molar-refractivity contribution < 1.29 is 19.3 Å². The molecule has 0 aliphatic rings. The van der Waals surface area contributed by atoms with E-state index in [1.807, 2.05) is 0 Å². The molecule has 116 valence electrons. The third-order valence-electron chi connectivity index (χ3n) is 3.35. The lowest BCUT2D eigenvalue weighted by Crippen LogP contribution is -2.30. The van der Waals surface area contributed by atoms with Crippen LogP contribution in [-0.4, -0.2) is 22.3 Å². The van der Waals surface area contributed by atoms with E-state index < -0.39 is 28.2 Å². The minimum absolute atomic E-state index is 0.0834. The molecular weight excluding hydrogens is 298 g/mol. The van der Waals surface area contributed by atoms with Crippen molar-refractivity contribution in [2.24, 2.45) is 5.92 Å². The van der Waals surface area contributed by atoms with E-state index >= 15 is 0 Å². The maximum absolute atomic E-state index is 12.5. The molecule has 0 saturated heterocycles. The molecule has 0 aromatic heterocycles. The van der Waals surface area contributed by atoms with Crippen LogP contribution in [0.25, 0.3) is 0 Å². The predicted molar refractivity (Wildman–Crippen MR) is 82.4 cm³/mol. The topological polar surface area (TPSA) is 94.3 Å². The number of benzene rings is 2. The van der Waals surface area contributed by atoms with Gasteiger partial charge in [0.15, 0.2) is 11.6 Å². The third kappa shape index (κ3) is 3.55. The lowest BCUT2D eigenvalue weighted by molar-refractivity contribution is -0.384. The Morgan fingerprint density at radius 3 is 1.78 bits per heavy atom. The number of nitro benzene ring substituents is 1. The van der Waals surface area contributed by atoms with Crippen molar-refractivity contribution in [2.45, 2.75) is 6.92 Å². The summed E-state index contributed by atoms with van der Waals surface area (Å²) < 4.78 is 0. The summed E-state index contributed by atoms with van der Waals surface area (Å²) in [4.78, 5) is 46.7. The number of non-ortho nitro benzene ring substituents is 1. The summed E-state index contributed by atoms with van der Waals surface area (Å²) in [6.07, 6.45) is 0. The van der Waals surface area contributed by atoms with Gasteiger partial charge in [-0.15, -0.1) is 0 Å². The molecule has 23 heavy (non-hydrogen) atoms. The van der Waals surface area contributed by atoms with Gasteiger partial charge in [-0.3, -0.25) is 24.5 Å². The molecular formula is C17H13NO5. The Morgan fingerprint density at radius 1 is 0.870 bits per heavy atom. The van der Waals surface area contributed by atoms with Crippen LogP contribution < -0.4 is 0 Å². The molecule has 0 fully saturated rings. The molecule has 0 unspecified atom stereocenters. The molecule has 0 spiro atoms. The SMILES string of the molecule is CC(=O)[C@H](C(=O)c1ccccc1)C(=O)c1ccc([N+](=O)[O-])cc1. The average Bonchev–Trinajstić information content (AvgIpc) is 2.55. The van der Waals surface area contributed by atoms with E-state index in [1.54, 1.807) is 18.2 Å². The summed E-state index contributed by atoms with van der Waals surface area (Å²) in [6.45, 7) is 1.18. The van der Waals surface area contributed by atoms with Crippen molar-refractivity contribution in [3.8, 4) is 0 Å². The van der Waals surface area contributed by atoms with Crippen LogP contribution in [0, 0.1) is 16.0 Å². The molecule has 6 heteroatoms. The number of hydrogen-bond donors (Lipinski definition) is 0. The fourth-order valence-electron chi connectivity index (χ4n) is 2.17. The third-order valence-corrected chi connectivity index (χ3v) is 3.35. The minimum atomic E-state index is -1.45. The minimum Gasteiger partial charge on any atom is -0.299 e. The van der Waals surface area contributed by atoms with Gasteiger partial charge in [0.05, 0.1) is 4.92 Å². The van der Waals surface area contributed by atoms with Crippen molar-refractivity contribution >= 4 is 23.0 Å². The van der Waals surface area contributed by atoms with Gasteiger partial charge in [0, 0.05) is 23.3 Å². The molecule has 1 atom stereocenters. The van der Waals surface area contributed by atoms with Gasteiger partial charge >= 0.3 is 0 Å². The van der Waals surface area contributed by atoms with E-state index in [9.17, 15) is 24.5 Å². The normalized spacial score (nSPS) is 11.5. The van der Waals surface area contributed by atoms with E-state index in [-0.39, 0.29) is 16.8 Å². The quantitative estimate of drug-likeness (QED) is 0.354. The van der Waals surface area contributed by atoms with Gasteiger partial charge in [0.2, 0.25) is 0 Å². The molecule has 2 aromatic rings. The maximum atomic E-state index is 12.5. The first kappa shape index (κ1) is 16.2. The lowest BCUT2D eigenvalue weighted by atomic mass is 9.87. The van der Waals surface area contributed by atoms with Gasteiger partial charge in [-0.05, 0) is 19.1 Å². The van der Waals surface area contributed by atoms with Gasteiger partial charge in [-0.2, -0.15) is 0 Å². The van der Waals surface area contributed by atoms with Crippen LogP contribution in [0.3, 0.4) is 0 Å². The highest BCUT2D eigenvalue weighted by Crippen LogP contribution is 2.19.